The Kier molecular flexibility index (Phi) is 6.85. The van der Waals surface area contributed by atoms with E-state index in [4.69, 9.17) is 0 Å². The Bertz CT molecular complexity index is 581. The summed E-state index contributed by atoms with van der Waals surface area (Å²) >= 11 is 0. The quantitative estimate of drug-likeness (QED) is 0.286. The van der Waals surface area contributed by atoms with E-state index in [2.05, 4.69) is 24.8 Å². The third kappa shape index (κ3) is 3.80. The maximum absolute atomic E-state index is 11.0. The van der Waals surface area contributed by atoms with E-state index in [0.29, 0.717) is 13.0 Å². The van der Waals surface area contributed by atoms with Crippen molar-refractivity contribution in [1.82, 2.24) is 0 Å². The van der Waals surface area contributed by atoms with Crippen molar-refractivity contribution in [2.24, 2.45) is 0 Å². The Morgan fingerprint density at radius 2 is 1.95 bits per heavy atom. The molecule has 0 unspecified atom stereocenters. The van der Waals surface area contributed by atoms with Gasteiger partial charge < -0.3 is 14.8 Å². The van der Waals surface area contributed by atoms with Crippen molar-refractivity contribution in [1.29, 1.82) is 0 Å². The minimum Gasteiger partial charge on any atom is -0.550 e. The van der Waals surface area contributed by atoms with E-state index in [-0.39, 0.29) is 41.4 Å². The number of hydrogen-bond donors (Lipinski definition) is 0. The number of carboxylic acids is 1. The summed E-state index contributed by atoms with van der Waals surface area (Å²) in [5, 5.41) is 10.5. The summed E-state index contributed by atoms with van der Waals surface area (Å²) in [7, 11) is 0. The predicted molar refractivity (Wildman–Crippen MR) is 79.8 cm³/mol. The van der Waals surface area contributed by atoms with Crippen molar-refractivity contribution in [3.8, 4) is 0 Å². The number of rotatable bonds is 6. The minimum atomic E-state index is -1.01. The molecule has 0 fully saturated rings. The van der Waals surface area contributed by atoms with Crippen LogP contribution in [0.4, 0.5) is 5.69 Å². The van der Waals surface area contributed by atoms with Crippen molar-refractivity contribution >= 4 is 17.9 Å². The van der Waals surface area contributed by atoms with E-state index >= 15 is 0 Å². The molecule has 1 aliphatic heterocycles. The number of benzene rings is 1. The summed E-state index contributed by atoms with van der Waals surface area (Å²) in [4.78, 5) is 23.6. The van der Waals surface area contributed by atoms with Gasteiger partial charge in [0.1, 0.15) is 6.29 Å². The third-order valence-electron chi connectivity index (χ3n) is 4.04. The normalized spacial score (nSPS) is 17.0. The number of carbonyl (C=O) groups is 2. The van der Waals surface area contributed by atoms with Gasteiger partial charge in [0.15, 0.2) is 0 Å². The van der Waals surface area contributed by atoms with Crippen LogP contribution in [0.3, 0.4) is 0 Å². The number of carboxylic acid groups (broad SMARTS) is 1. The number of hydrogen-bond acceptors (Lipinski definition) is 4. The van der Waals surface area contributed by atoms with Crippen LogP contribution >= 0.6 is 0 Å². The van der Waals surface area contributed by atoms with Gasteiger partial charge in [-0.3, -0.25) is 4.79 Å². The number of aliphatic carboxylic acids is 1. The van der Waals surface area contributed by atoms with Gasteiger partial charge in [-0.05, 0) is 37.0 Å². The largest absolute Gasteiger partial charge is 1.00 e. The molecule has 0 amide bonds. The van der Waals surface area contributed by atoms with Gasteiger partial charge in [-0.15, -0.1) is 0 Å². The summed E-state index contributed by atoms with van der Waals surface area (Å²) in [5.74, 6) is -1.01. The van der Waals surface area contributed by atoms with Crippen LogP contribution in [0.15, 0.2) is 36.0 Å². The van der Waals surface area contributed by atoms with Crippen LogP contribution in [0.1, 0.15) is 38.7 Å². The molecule has 112 valence electrons. The van der Waals surface area contributed by atoms with Crippen LogP contribution in [0, 0.1) is 0 Å². The molecule has 0 N–H and O–H groups in total. The third-order valence-corrected chi connectivity index (χ3v) is 4.04. The number of anilines is 1. The first kappa shape index (κ1) is 18.9. The van der Waals surface area contributed by atoms with Crippen molar-refractivity contribution in [2.75, 3.05) is 11.4 Å². The Morgan fingerprint density at radius 1 is 1.27 bits per heavy atom. The van der Waals surface area contributed by atoms with Gasteiger partial charge in [0.05, 0.1) is 0 Å². The molecule has 0 saturated carbocycles. The van der Waals surface area contributed by atoms with E-state index in [1.165, 1.54) is 5.56 Å². The first-order valence-corrected chi connectivity index (χ1v) is 7.21. The molecule has 4 nitrogen and oxygen atoms in total. The zero-order valence-corrected chi connectivity index (χ0v) is 15.5. The molecular weight excluding hydrogens is 289 g/mol. The summed E-state index contributed by atoms with van der Waals surface area (Å²) in [6, 6.07) is 8.10. The molecule has 1 aliphatic rings. The molecule has 5 heteroatoms. The predicted octanol–water partition coefficient (Wildman–Crippen LogP) is -1.21. The van der Waals surface area contributed by atoms with Crippen molar-refractivity contribution in [2.45, 2.75) is 38.5 Å². The van der Waals surface area contributed by atoms with Gasteiger partial charge in [-0.25, -0.2) is 0 Å². The summed E-state index contributed by atoms with van der Waals surface area (Å²) < 4.78 is 0. The van der Waals surface area contributed by atoms with Crippen LogP contribution in [0.5, 0.6) is 0 Å². The van der Waals surface area contributed by atoms with Crippen LogP contribution in [-0.2, 0) is 15.0 Å². The maximum atomic E-state index is 11.0. The molecule has 1 aromatic carbocycles. The molecule has 0 spiro atoms. The first-order valence-electron chi connectivity index (χ1n) is 7.21. The second kappa shape index (κ2) is 7.95. The van der Waals surface area contributed by atoms with E-state index in [1.807, 2.05) is 18.2 Å². The summed E-state index contributed by atoms with van der Waals surface area (Å²) in [6.45, 7) is 4.90. The Balaban J connectivity index is 0.00000242. The molecule has 2 rings (SSSR count). The maximum Gasteiger partial charge on any atom is 1.00 e. The number of para-hydroxylation sites is 1. The van der Waals surface area contributed by atoms with Gasteiger partial charge in [0, 0.05) is 29.3 Å². The second-order valence-corrected chi connectivity index (χ2v) is 5.81. The number of unbranched alkanes of at least 4 members (excludes halogenated alkanes) is 1. The average Bonchev–Trinajstić information content (AvgIpc) is 2.65. The van der Waals surface area contributed by atoms with Crippen LogP contribution < -0.4 is 39.6 Å². The van der Waals surface area contributed by atoms with Gasteiger partial charge in [-0.2, -0.15) is 0 Å². The molecule has 22 heavy (non-hydrogen) atoms. The monoisotopic (exact) mass is 309 g/mol. The Morgan fingerprint density at radius 3 is 2.59 bits per heavy atom. The molecule has 0 saturated heterocycles. The molecule has 0 bridgehead atoms. The molecule has 0 radical (unpaired) electrons. The number of carbonyl (C=O) groups excluding carboxylic acids is 2. The SMILES string of the molecule is CC1(C)/C(=C\C=O)N(CCCCC(=O)[O-])c2ccccc21.[Na+]. The van der Waals surface area contributed by atoms with E-state index in [9.17, 15) is 14.7 Å². The molecule has 1 aromatic rings. The Hall–Kier alpha value is -1.10. The van der Waals surface area contributed by atoms with Gasteiger partial charge in [-0.1, -0.05) is 32.0 Å². The Labute approximate surface area is 153 Å². The van der Waals surface area contributed by atoms with Gasteiger partial charge >= 0.3 is 29.6 Å². The van der Waals surface area contributed by atoms with E-state index in [1.54, 1.807) is 6.08 Å². The van der Waals surface area contributed by atoms with Crippen LogP contribution in [0.2, 0.25) is 0 Å². The minimum absolute atomic E-state index is 0. The number of allylic oxidation sites excluding steroid dienone is 2. The fraction of sp³-hybridized carbons (Fsp3) is 0.412. The summed E-state index contributed by atoms with van der Waals surface area (Å²) in [6.07, 6.45) is 3.83. The molecular formula is C17H20NNaO3. The molecule has 0 aliphatic carbocycles. The molecule has 1 heterocycles. The number of fused-ring (bicyclic) bond motifs is 1. The van der Waals surface area contributed by atoms with Crippen molar-refractivity contribution in [3.63, 3.8) is 0 Å². The van der Waals surface area contributed by atoms with E-state index < -0.39 is 5.97 Å². The number of nitrogens with zero attached hydrogens (tertiary/aromatic N) is 1. The second-order valence-electron chi connectivity index (χ2n) is 5.81. The fourth-order valence-electron chi connectivity index (χ4n) is 2.99. The van der Waals surface area contributed by atoms with E-state index in [0.717, 1.165) is 24.1 Å². The van der Waals surface area contributed by atoms with Crippen LogP contribution in [0.25, 0.3) is 0 Å². The zero-order valence-electron chi connectivity index (χ0n) is 13.5. The van der Waals surface area contributed by atoms with Gasteiger partial charge in [0.25, 0.3) is 0 Å². The summed E-state index contributed by atoms with van der Waals surface area (Å²) in [5.41, 5.74) is 3.04. The first-order chi connectivity index (χ1) is 9.98. The smallest absolute Gasteiger partial charge is 0.550 e. The zero-order chi connectivity index (χ0) is 15.5. The van der Waals surface area contributed by atoms with Crippen LogP contribution in [-0.4, -0.2) is 18.8 Å². The van der Waals surface area contributed by atoms with Crippen molar-refractivity contribution in [3.05, 3.63) is 41.6 Å². The molecule has 0 aromatic heterocycles. The molecule has 0 atom stereocenters. The standard InChI is InChI=1S/C17H21NO3.Na/c1-17(2)13-7-3-4-8-14(13)18(15(17)10-12-19)11-6-5-9-16(20)21;/h3-4,7-8,10,12H,5-6,9,11H2,1-2H3,(H,20,21);/q;+1/p-1/b15-10+;. The van der Waals surface area contributed by atoms with Gasteiger partial charge in [0.2, 0.25) is 0 Å². The fourth-order valence-corrected chi connectivity index (χ4v) is 2.99. The van der Waals surface area contributed by atoms with Crippen molar-refractivity contribution < 1.29 is 44.3 Å². The number of aldehydes is 1. The topological polar surface area (TPSA) is 60.4 Å². The average molecular weight is 309 g/mol.